The van der Waals surface area contributed by atoms with Crippen LogP contribution in [0.15, 0.2) is 54.6 Å². The van der Waals surface area contributed by atoms with Crippen molar-refractivity contribution in [3.63, 3.8) is 0 Å². The molecule has 0 radical (unpaired) electrons. The van der Waals surface area contributed by atoms with Gasteiger partial charge in [0.15, 0.2) is 0 Å². The van der Waals surface area contributed by atoms with Gasteiger partial charge in [-0.3, -0.25) is 9.59 Å². The first-order valence-electron chi connectivity index (χ1n) is 9.16. The van der Waals surface area contributed by atoms with Gasteiger partial charge in [-0.15, -0.1) is 0 Å². The van der Waals surface area contributed by atoms with Gasteiger partial charge in [-0.25, -0.2) is 8.42 Å². The molecule has 2 N–H and O–H groups in total. The number of para-hydroxylation sites is 1. The average Bonchev–Trinajstić information content (AvgIpc) is 2.60. The molecule has 2 aromatic rings. The summed E-state index contributed by atoms with van der Waals surface area (Å²) in [6.45, 7) is 5.31. The van der Waals surface area contributed by atoms with Crippen LogP contribution in [0.1, 0.15) is 36.7 Å². The third-order valence-electron chi connectivity index (χ3n) is 3.93. The third-order valence-corrected chi connectivity index (χ3v) is 5.12. The van der Waals surface area contributed by atoms with Crippen LogP contribution in [0.5, 0.6) is 0 Å². The lowest BCUT2D eigenvalue weighted by molar-refractivity contribution is -0.116. The van der Waals surface area contributed by atoms with E-state index < -0.39 is 21.5 Å². The van der Waals surface area contributed by atoms with Crippen LogP contribution in [0, 0.1) is 0 Å². The molecular formula is C21H27N3O4S. The van der Waals surface area contributed by atoms with Crippen LogP contribution >= 0.6 is 0 Å². The van der Waals surface area contributed by atoms with E-state index >= 15 is 0 Å². The Morgan fingerprint density at radius 3 is 2.14 bits per heavy atom. The number of hydrogen-bond acceptors (Lipinski definition) is 4. The summed E-state index contributed by atoms with van der Waals surface area (Å²) < 4.78 is 25.4. The SMILES string of the molecule is CC(C)(C)NC(=O)c1ccccc1NC(=O)CN(Cc1ccccc1)S(C)(=O)=O. The second-order valence-electron chi connectivity index (χ2n) is 7.81. The molecule has 0 fully saturated rings. The maximum Gasteiger partial charge on any atom is 0.253 e. The molecule has 0 aliphatic heterocycles. The Balaban J connectivity index is 2.16. The standard InChI is InChI=1S/C21H27N3O4S/c1-21(2,3)23-20(26)17-12-8-9-13-18(17)22-19(25)15-24(29(4,27)28)14-16-10-6-5-7-11-16/h5-13H,14-15H2,1-4H3,(H,22,25)(H,23,26). The Morgan fingerprint density at radius 1 is 0.966 bits per heavy atom. The minimum absolute atomic E-state index is 0.0826. The normalized spacial score (nSPS) is 11.9. The number of rotatable bonds is 7. The molecule has 2 aromatic carbocycles. The van der Waals surface area contributed by atoms with Crippen LogP contribution in [0.4, 0.5) is 5.69 Å². The molecule has 7 nitrogen and oxygen atoms in total. The second kappa shape index (κ2) is 9.19. The molecule has 0 aliphatic carbocycles. The number of benzene rings is 2. The quantitative estimate of drug-likeness (QED) is 0.724. The minimum atomic E-state index is -3.61. The molecule has 0 unspecified atom stereocenters. The maximum absolute atomic E-state index is 12.6. The van der Waals surface area contributed by atoms with Crippen molar-refractivity contribution in [3.05, 3.63) is 65.7 Å². The van der Waals surface area contributed by atoms with Crippen molar-refractivity contribution in [2.75, 3.05) is 18.1 Å². The number of anilines is 1. The van der Waals surface area contributed by atoms with Crippen molar-refractivity contribution < 1.29 is 18.0 Å². The zero-order valence-electron chi connectivity index (χ0n) is 17.1. The van der Waals surface area contributed by atoms with E-state index in [0.717, 1.165) is 16.1 Å². The Kier molecular flexibility index (Phi) is 7.16. The second-order valence-corrected chi connectivity index (χ2v) is 9.80. The Labute approximate surface area is 172 Å². The number of nitrogens with one attached hydrogen (secondary N) is 2. The van der Waals surface area contributed by atoms with Gasteiger partial charge in [0.05, 0.1) is 24.1 Å². The van der Waals surface area contributed by atoms with Gasteiger partial charge in [0, 0.05) is 12.1 Å². The summed E-state index contributed by atoms with van der Waals surface area (Å²) in [6.07, 6.45) is 1.06. The van der Waals surface area contributed by atoms with Crippen LogP contribution < -0.4 is 10.6 Å². The molecule has 0 aromatic heterocycles. The molecule has 2 rings (SSSR count). The first-order chi connectivity index (χ1) is 13.5. The maximum atomic E-state index is 12.6. The molecule has 0 heterocycles. The zero-order valence-corrected chi connectivity index (χ0v) is 17.9. The summed E-state index contributed by atoms with van der Waals surface area (Å²) >= 11 is 0. The van der Waals surface area contributed by atoms with Gasteiger partial charge in [-0.2, -0.15) is 4.31 Å². The van der Waals surface area contributed by atoms with Crippen LogP contribution in [-0.4, -0.2) is 42.9 Å². The summed E-state index contributed by atoms with van der Waals surface area (Å²) in [5, 5.41) is 5.51. The number of hydrogen-bond donors (Lipinski definition) is 2. The summed E-state index contributed by atoms with van der Waals surface area (Å²) in [6, 6.07) is 15.6. The van der Waals surface area contributed by atoms with Crippen molar-refractivity contribution >= 4 is 27.5 Å². The summed E-state index contributed by atoms with van der Waals surface area (Å²) in [4.78, 5) is 25.1. The van der Waals surface area contributed by atoms with Gasteiger partial charge in [0.25, 0.3) is 5.91 Å². The molecule has 156 valence electrons. The minimum Gasteiger partial charge on any atom is -0.347 e. The Hall–Kier alpha value is -2.71. The molecule has 0 atom stereocenters. The number of carbonyl (C=O) groups is 2. The van der Waals surface area contributed by atoms with Crippen molar-refractivity contribution in [2.45, 2.75) is 32.9 Å². The van der Waals surface area contributed by atoms with E-state index in [1.165, 1.54) is 0 Å². The number of sulfonamides is 1. The first-order valence-corrected chi connectivity index (χ1v) is 11.0. The fraction of sp³-hybridized carbons (Fsp3) is 0.333. The van der Waals surface area contributed by atoms with Crippen molar-refractivity contribution in [1.82, 2.24) is 9.62 Å². The molecule has 29 heavy (non-hydrogen) atoms. The summed E-state index contributed by atoms with van der Waals surface area (Å²) in [5.74, 6) is -0.847. The van der Waals surface area contributed by atoms with E-state index in [0.29, 0.717) is 11.3 Å². The fourth-order valence-electron chi connectivity index (χ4n) is 2.63. The van der Waals surface area contributed by atoms with Crippen LogP contribution in [-0.2, 0) is 21.4 Å². The molecule has 0 bridgehead atoms. The number of carbonyl (C=O) groups excluding carboxylic acids is 2. The predicted octanol–water partition coefficient (Wildman–Crippen LogP) is 2.62. The van der Waals surface area contributed by atoms with Crippen LogP contribution in [0.25, 0.3) is 0 Å². The van der Waals surface area contributed by atoms with Gasteiger partial charge in [-0.1, -0.05) is 42.5 Å². The van der Waals surface area contributed by atoms with Crippen molar-refractivity contribution in [1.29, 1.82) is 0 Å². The molecule has 0 spiro atoms. The van der Waals surface area contributed by atoms with Gasteiger partial charge in [-0.05, 0) is 38.5 Å². The first kappa shape index (κ1) is 22.6. The van der Waals surface area contributed by atoms with E-state index in [2.05, 4.69) is 10.6 Å². The summed E-state index contributed by atoms with van der Waals surface area (Å²) in [7, 11) is -3.61. The van der Waals surface area contributed by atoms with Gasteiger partial charge in [0.2, 0.25) is 15.9 Å². The largest absolute Gasteiger partial charge is 0.347 e. The Morgan fingerprint density at radius 2 is 1.55 bits per heavy atom. The lowest BCUT2D eigenvalue weighted by Gasteiger charge is -2.22. The molecular weight excluding hydrogens is 390 g/mol. The van der Waals surface area contributed by atoms with E-state index in [1.807, 2.05) is 26.8 Å². The number of amides is 2. The van der Waals surface area contributed by atoms with E-state index in [-0.39, 0.29) is 19.0 Å². The molecule has 0 saturated heterocycles. The highest BCUT2D eigenvalue weighted by atomic mass is 32.2. The lowest BCUT2D eigenvalue weighted by Crippen LogP contribution is -2.41. The van der Waals surface area contributed by atoms with Crippen molar-refractivity contribution in [2.24, 2.45) is 0 Å². The highest BCUT2D eigenvalue weighted by Crippen LogP contribution is 2.17. The van der Waals surface area contributed by atoms with E-state index in [9.17, 15) is 18.0 Å². The van der Waals surface area contributed by atoms with Crippen LogP contribution in [0.3, 0.4) is 0 Å². The van der Waals surface area contributed by atoms with Crippen molar-refractivity contribution in [3.8, 4) is 0 Å². The lowest BCUT2D eigenvalue weighted by atomic mass is 10.1. The van der Waals surface area contributed by atoms with E-state index in [1.54, 1.807) is 48.5 Å². The highest BCUT2D eigenvalue weighted by molar-refractivity contribution is 7.88. The highest BCUT2D eigenvalue weighted by Gasteiger charge is 2.22. The van der Waals surface area contributed by atoms with Gasteiger partial charge < -0.3 is 10.6 Å². The third kappa shape index (κ3) is 7.32. The zero-order chi connectivity index (χ0) is 21.7. The van der Waals surface area contributed by atoms with Gasteiger partial charge >= 0.3 is 0 Å². The molecule has 0 saturated carbocycles. The topological polar surface area (TPSA) is 95.6 Å². The predicted molar refractivity (Wildman–Crippen MR) is 114 cm³/mol. The summed E-state index contributed by atoms with van der Waals surface area (Å²) in [5.41, 5.74) is 0.976. The smallest absolute Gasteiger partial charge is 0.253 e. The molecule has 0 aliphatic rings. The average molecular weight is 418 g/mol. The molecule has 2 amide bonds. The number of nitrogens with zero attached hydrogens (tertiary/aromatic N) is 1. The molecule has 8 heteroatoms. The van der Waals surface area contributed by atoms with Gasteiger partial charge in [0.1, 0.15) is 0 Å². The van der Waals surface area contributed by atoms with E-state index in [4.69, 9.17) is 0 Å². The van der Waals surface area contributed by atoms with Crippen LogP contribution in [0.2, 0.25) is 0 Å². The monoisotopic (exact) mass is 417 g/mol. The fourth-order valence-corrected chi connectivity index (χ4v) is 3.36. The Bertz CT molecular complexity index is 967.